The van der Waals surface area contributed by atoms with E-state index in [4.69, 9.17) is 5.53 Å². The molecular formula is C11H10F3N5O. The van der Waals surface area contributed by atoms with Crippen molar-refractivity contribution in [1.29, 1.82) is 0 Å². The summed E-state index contributed by atoms with van der Waals surface area (Å²) in [5.41, 5.74) is 7.07. The summed E-state index contributed by atoms with van der Waals surface area (Å²) in [4.78, 5) is 19.1. The highest BCUT2D eigenvalue weighted by Crippen LogP contribution is 2.37. The van der Waals surface area contributed by atoms with Gasteiger partial charge in [0.1, 0.15) is 0 Å². The third-order valence-electron chi connectivity index (χ3n) is 3.00. The average Bonchev–Trinajstić information content (AvgIpc) is 2.76. The zero-order chi connectivity index (χ0) is 14.8. The zero-order valence-electron chi connectivity index (χ0n) is 10.2. The second-order valence-electron chi connectivity index (χ2n) is 4.38. The van der Waals surface area contributed by atoms with Gasteiger partial charge in [0.05, 0.1) is 17.4 Å². The highest BCUT2D eigenvalue weighted by atomic mass is 19.4. The number of carbonyl (C=O) groups excluding carboxylic acids is 1. The molecule has 0 aromatic carbocycles. The number of amides is 1. The Bertz CT molecular complexity index is 567. The van der Waals surface area contributed by atoms with E-state index in [-0.39, 0.29) is 31.1 Å². The molecular weight excluding hydrogens is 275 g/mol. The molecule has 1 atom stereocenters. The van der Waals surface area contributed by atoms with Crippen molar-refractivity contribution >= 4 is 11.6 Å². The number of anilines is 1. The zero-order valence-corrected chi connectivity index (χ0v) is 10.2. The lowest BCUT2D eigenvalue weighted by Gasteiger charge is -2.20. The van der Waals surface area contributed by atoms with Crippen LogP contribution in [0.4, 0.5) is 18.9 Å². The van der Waals surface area contributed by atoms with E-state index >= 15 is 0 Å². The summed E-state index contributed by atoms with van der Waals surface area (Å²) >= 11 is 0. The van der Waals surface area contributed by atoms with Crippen molar-refractivity contribution in [2.75, 3.05) is 18.0 Å². The van der Waals surface area contributed by atoms with E-state index < -0.39 is 17.6 Å². The van der Waals surface area contributed by atoms with Crippen molar-refractivity contribution in [2.24, 2.45) is 11.0 Å². The lowest BCUT2D eigenvalue weighted by Crippen LogP contribution is -2.27. The number of halogens is 3. The van der Waals surface area contributed by atoms with Gasteiger partial charge in [0, 0.05) is 30.6 Å². The molecule has 1 aliphatic rings. The molecule has 2 heterocycles. The molecule has 6 nitrogen and oxygen atoms in total. The molecule has 20 heavy (non-hydrogen) atoms. The quantitative estimate of drug-likeness (QED) is 0.486. The molecule has 9 heteroatoms. The smallest absolute Gasteiger partial charge is 0.310 e. The van der Waals surface area contributed by atoms with Gasteiger partial charge in [0.25, 0.3) is 0 Å². The van der Waals surface area contributed by atoms with Gasteiger partial charge in [-0.15, -0.1) is 0 Å². The molecule has 0 bridgehead atoms. The van der Waals surface area contributed by atoms with E-state index in [1.165, 1.54) is 0 Å². The number of carbonyl (C=O) groups is 1. The molecule has 1 aliphatic heterocycles. The van der Waals surface area contributed by atoms with E-state index in [0.29, 0.717) is 0 Å². The normalized spacial score (nSPS) is 19.1. The van der Waals surface area contributed by atoms with Crippen molar-refractivity contribution in [3.63, 3.8) is 0 Å². The number of hydrogen-bond donors (Lipinski definition) is 0. The lowest BCUT2D eigenvalue weighted by molar-refractivity contribution is -0.137. The predicted octanol–water partition coefficient (Wildman–Crippen LogP) is 2.76. The van der Waals surface area contributed by atoms with Gasteiger partial charge in [0.15, 0.2) is 0 Å². The van der Waals surface area contributed by atoms with Crippen LogP contribution >= 0.6 is 0 Å². The van der Waals surface area contributed by atoms with Crippen molar-refractivity contribution in [3.05, 3.63) is 34.5 Å². The van der Waals surface area contributed by atoms with Crippen molar-refractivity contribution in [2.45, 2.75) is 12.6 Å². The molecule has 0 saturated carbocycles. The van der Waals surface area contributed by atoms with Gasteiger partial charge in [-0.3, -0.25) is 9.78 Å². The molecule has 2 rings (SSSR count). The van der Waals surface area contributed by atoms with Gasteiger partial charge < -0.3 is 4.90 Å². The van der Waals surface area contributed by atoms with Crippen LogP contribution in [0, 0.1) is 5.92 Å². The first kappa shape index (κ1) is 14.1. The minimum Gasteiger partial charge on any atom is -0.310 e. The summed E-state index contributed by atoms with van der Waals surface area (Å²) in [5, 5.41) is 3.35. The molecule has 1 aromatic heterocycles. The Kier molecular flexibility index (Phi) is 3.80. The van der Waals surface area contributed by atoms with Crippen LogP contribution in [0.1, 0.15) is 12.0 Å². The fourth-order valence-corrected chi connectivity index (χ4v) is 2.13. The van der Waals surface area contributed by atoms with Crippen molar-refractivity contribution in [1.82, 2.24) is 4.98 Å². The van der Waals surface area contributed by atoms with Gasteiger partial charge >= 0.3 is 6.18 Å². The number of aromatic nitrogens is 1. The fraction of sp³-hybridized carbons (Fsp3) is 0.455. The molecule has 1 saturated heterocycles. The third-order valence-corrected chi connectivity index (χ3v) is 3.00. The highest BCUT2D eigenvalue weighted by Gasteiger charge is 2.39. The summed E-state index contributed by atoms with van der Waals surface area (Å²) in [5.74, 6) is -0.707. The largest absolute Gasteiger partial charge is 0.418 e. The Morgan fingerprint density at radius 1 is 1.55 bits per heavy atom. The van der Waals surface area contributed by atoms with E-state index in [9.17, 15) is 18.0 Å². The molecule has 106 valence electrons. The number of nitrogens with zero attached hydrogens (tertiary/aromatic N) is 5. The summed E-state index contributed by atoms with van der Waals surface area (Å²) in [6.07, 6.45) is -2.44. The van der Waals surface area contributed by atoms with E-state index in [2.05, 4.69) is 15.0 Å². The topological polar surface area (TPSA) is 82.0 Å². The van der Waals surface area contributed by atoms with Gasteiger partial charge in [-0.1, -0.05) is 5.11 Å². The number of pyridine rings is 1. The first-order valence-electron chi connectivity index (χ1n) is 5.76. The van der Waals surface area contributed by atoms with Crippen LogP contribution in [0.5, 0.6) is 0 Å². The van der Waals surface area contributed by atoms with Gasteiger partial charge in [0.2, 0.25) is 5.91 Å². The Labute approximate surface area is 111 Å². The Hall–Kier alpha value is -2.28. The maximum Gasteiger partial charge on any atom is 0.418 e. The molecule has 1 fully saturated rings. The molecule has 0 spiro atoms. The Balaban J connectivity index is 2.29. The minimum absolute atomic E-state index is 0.0607. The van der Waals surface area contributed by atoms with Gasteiger partial charge in [-0.05, 0) is 17.5 Å². The van der Waals surface area contributed by atoms with Crippen molar-refractivity contribution < 1.29 is 18.0 Å². The minimum atomic E-state index is -4.55. The number of rotatable bonds is 3. The van der Waals surface area contributed by atoms with Crippen LogP contribution in [0.2, 0.25) is 0 Å². The summed E-state index contributed by atoms with van der Waals surface area (Å²) in [6.45, 7) is 0.174. The SMILES string of the molecule is [N-]=[N+]=NCC1CC(=O)N(c2cnccc2C(F)(F)F)C1. The van der Waals surface area contributed by atoms with Crippen LogP contribution in [-0.4, -0.2) is 24.0 Å². The van der Waals surface area contributed by atoms with Gasteiger partial charge in [-0.25, -0.2) is 0 Å². The molecule has 0 aliphatic carbocycles. The van der Waals surface area contributed by atoms with Crippen molar-refractivity contribution in [3.8, 4) is 0 Å². The standard InChI is InChI=1S/C11H10F3N5O/c12-11(13,14)8-1-2-16-5-9(8)19-6-7(3-10(19)20)4-17-18-15/h1-2,5,7H,3-4,6H2. The molecule has 1 aromatic rings. The van der Waals surface area contributed by atoms with Crippen LogP contribution in [0.15, 0.2) is 23.6 Å². The molecule has 1 amide bonds. The molecule has 0 radical (unpaired) electrons. The second kappa shape index (κ2) is 5.38. The predicted molar refractivity (Wildman–Crippen MR) is 63.7 cm³/mol. The van der Waals surface area contributed by atoms with E-state index in [1.54, 1.807) is 0 Å². The van der Waals surface area contributed by atoms with E-state index in [0.717, 1.165) is 23.4 Å². The highest BCUT2D eigenvalue weighted by molar-refractivity contribution is 5.96. The van der Waals surface area contributed by atoms with Gasteiger partial charge in [-0.2, -0.15) is 13.2 Å². The first-order valence-corrected chi connectivity index (χ1v) is 5.76. The Morgan fingerprint density at radius 3 is 2.95 bits per heavy atom. The van der Waals surface area contributed by atoms with Crippen LogP contribution in [-0.2, 0) is 11.0 Å². The maximum atomic E-state index is 12.9. The second-order valence-corrected chi connectivity index (χ2v) is 4.38. The Morgan fingerprint density at radius 2 is 2.30 bits per heavy atom. The van der Waals surface area contributed by atoms with Crippen LogP contribution in [0.25, 0.3) is 10.4 Å². The molecule has 0 N–H and O–H groups in total. The molecule has 1 unspecified atom stereocenters. The number of hydrogen-bond acceptors (Lipinski definition) is 3. The third kappa shape index (κ3) is 2.83. The van der Waals surface area contributed by atoms with E-state index in [1.807, 2.05) is 0 Å². The summed E-state index contributed by atoms with van der Waals surface area (Å²) in [7, 11) is 0. The maximum absolute atomic E-state index is 12.9. The average molecular weight is 285 g/mol. The number of azide groups is 1. The van der Waals surface area contributed by atoms with Crippen LogP contribution < -0.4 is 4.90 Å². The first-order chi connectivity index (χ1) is 9.43. The fourth-order valence-electron chi connectivity index (χ4n) is 2.13. The lowest BCUT2D eigenvalue weighted by atomic mass is 10.1. The van der Waals surface area contributed by atoms with Crippen LogP contribution in [0.3, 0.4) is 0 Å². The monoisotopic (exact) mass is 285 g/mol. The summed E-state index contributed by atoms with van der Waals surface area (Å²) < 4.78 is 38.7. The number of alkyl halides is 3. The summed E-state index contributed by atoms with van der Waals surface area (Å²) in [6, 6.07) is 0.837.